The molecule has 0 unspecified atom stereocenters. The third-order valence-electron chi connectivity index (χ3n) is 4.23. The van der Waals surface area contributed by atoms with Crippen LogP contribution in [0.1, 0.15) is 51.0 Å². The fourth-order valence-corrected chi connectivity index (χ4v) is 2.95. The first kappa shape index (κ1) is 18.0. The maximum atomic E-state index is 12.1. The zero-order valence-corrected chi connectivity index (χ0v) is 14.2. The lowest BCUT2D eigenvalue weighted by Crippen LogP contribution is -2.33. The van der Waals surface area contributed by atoms with Crippen molar-refractivity contribution < 1.29 is 5.11 Å². The Balaban J connectivity index is 2.29. The van der Waals surface area contributed by atoms with E-state index < -0.39 is 11.2 Å². The molecule has 24 heavy (non-hydrogen) atoms. The summed E-state index contributed by atoms with van der Waals surface area (Å²) < 4.78 is 1.08. The highest BCUT2D eigenvalue weighted by Crippen LogP contribution is 2.20. The molecule has 6 heteroatoms. The summed E-state index contributed by atoms with van der Waals surface area (Å²) in [7, 11) is 0. The molecular weight excluding hydrogens is 306 g/mol. The first-order valence-electron chi connectivity index (χ1n) is 8.47. The van der Waals surface area contributed by atoms with E-state index in [4.69, 9.17) is 0 Å². The smallest absolute Gasteiger partial charge is 0.331 e. The van der Waals surface area contributed by atoms with E-state index >= 15 is 0 Å². The largest absolute Gasteiger partial charge is 0.494 e. The third kappa shape index (κ3) is 4.13. The van der Waals surface area contributed by atoms with Crippen molar-refractivity contribution in [2.24, 2.45) is 4.99 Å². The van der Waals surface area contributed by atoms with E-state index in [2.05, 4.69) is 22.6 Å². The molecule has 0 atom stereocenters. The molecule has 0 aromatic carbocycles. The van der Waals surface area contributed by atoms with Gasteiger partial charge in [-0.15, -0.1) is 6.58 Å². The van der Waals surface area contributed by atoms with Crippen LogP contribution in [0.3, 0.4) is 0 Å². The molecule has 1 aliphatic carbocycles. The average Bonchev–Trinajstić information content (AvgIpc) is 2.58. The van der Waals surface area contributed by atoms with Crippen molar-refractivity contribution in [3.05, 3.63) is 50.7 Å². The average molecular weight is 331 g/mol. The number of aromatic hydroxyl groups is 1. The fraction of sp³-hybridized carbons (Fsp3) is 0.500. The number of aromatic amines is 1. The number of H-pyrrole nitrogens is 1. The van der Waals surface area contributed by atoms with Gasteiger partial charge in [0.15, 0.2) is 0 Å². The molecule has 2 N–H and O–H groups in total. The molecule has 6 nitrogen and oxygen atoms in total. The lowest BCUT2D eigenvalue weighted by Gasteiger charge is -2.13. The Labute approximate surface area is 141 Å². The van der Waals surface area contributed by atoms with Gasteiger partial charge in [0, 0.05) is 13.1 Å². The van der Waals surface area contributed by atoms with E-state index in [0.29, 0.717) is 18.7 Å². The van der Waals surface area contributed by atoms with Crippen molar-refractivity contribution in [3.63, 3.8) is 0 Å². The molecule has 0 aliphatic heterocycles. The van der Waals surface area contributed by atoms with Gasteiger partial charge in [-0.3, -0.25) is 19.3 Å². The SMILES string of the molecule is C=CCn1c(O)c(C(CC)=NCCC2=CCCCC2)c(=O)[nH]c1=O. The second-order valence-electron chi connectivity index (χ2n) is 5.90. The molecule has 1 aliphatic rings. The predicted octanol–water partition coefficient (Wildman–Crippen LogP) is 2.52. The molecule has 1 aromatic heterocycles. The van der Waals surface area contributed by atoms with Crippen LogP contribution in [0.2, 0.25) is 0 Å². The van der Waals surface area contributed by atoms with Gasteiger partial charge in [-0.25, -0.2) is 4.79 Å². The van der Waals surface area contributed by atoms with Gasteiger partial charge in [-0.1, -0.05) is 24.6 Å². The van der Waals surface area contributed by atoms with E-state index in [1.165, 1.54) is 24.5 Å². The summed E-state index contributed by atoms with van der Waals surface area (Å²) in [6.07, 6.45) is 9.86. The van der Waals surface area contributed by atoms with Crippen molar-refractivity contribution in [1.82, 2.24) is 9.55 Å². The summed E-state index contributed by atoms with van der Waals surface area (Å²) in [5.41, 5.74) is 0.758. The summed E-state index contributed by atoms with van der Waals surface area (Å²) >= 11 is 0. The minimum absolute atomic E-state index is 0.0802. The van der Waals surface area contributed by atoms with E-state index in [-0.39, 0.29) is 18.0 Å². The minimum atomic E-state index is -0.649. The van der Waals surface area contributed by atoms with Gasteiger partial charge in [-0.2, -0.15) is 0 Å². The molecule has 0 amide bonds. The van der Waals surface area contributed by atoms with Crippen LogP contribution in [-0.2, 0) is 6.54 Å². The summed E-state index contributed by atoms with van der Waals surface area (Å²) in [4.78, 5) is 30.7. The fourth-order valence-electron chi connectivity index (χ4n) is 2.95. The number of aromatic nitrogens is 2. The standard InChI is InChI=1S/C18H25N3O3/c1-3-12-21-17(23)15(16(22)20-18(21)24)14(4-2)19-11-10-13-8-6-5-7-9-13/h3,8,23H,1,4-7,9-12H2,2H3,(H,20,22,24). The van der Waals surface area contributed by atoms with Crippen molar-refractivity contribution >= 4 is 5.71 Å². The Morgan fingerprint density at radius 1 is 1.46 bits per heavy atom. The van der Waals surface area contributed by atoms with E-state index in [9.17, 15) is 14.7 Å². The normalized spacial score (nSPS) is 15.2. The highest BCUT2D eigenvalue weighted by Gasteiger charge is 2.17. The number of nitrogens with one attached hydrogen (secondary N) is 1. The first-order valence-corrected chi connectivity index (χ1v) is 8.47. The molecule has 0 saturated heterocycles. The maximum absolute atomic E-state index is 12.1. The number of hydrogen-bond acceptors (Lipinski definition) is 4. The summed E-state index contributed by atoms with van der Waals surface area (Å²) in [6, 6.07) is 0. The molecule has 0 bridgehead atoms. The molecule has 1 aromatic rings. The Kier molecular flexibility index (Phi) is 6.35. The molecule has 0 spiro atoms. The molecular formula is C18H25N3O3. The molecule has 2 rings (SSSR count). The number of rotatable bonds is 7. The van der Waals surface area contributed by atoms with Crippen LogP contribution in [0.25, 0.3) is 0 Å². The van der Waals surface area contributed by atoms with Crippen LogP contribution >= 0.6 is 0 Å². The molecule has 1 heterocycles. The lowest BCUT2D eigenvalue weighted by molar-refractivity contribution is 0.409. The van der Waals surface area contributed by atoms with Gasteiger partial charge in [0.25, 0.3) is 5.56 Å². The highest BCUT2D eigenvalue weighted by molar-refractivity contribution is 6.01. The maximum Gasteiger partial charge on any atom is 0.331 e. The Bertz CT molecular complexity index is 769. The molecule has 0 radical (unpaired) electrons. The summed E-state index contributed by atoms with van der Waals surface area (Å²) in [5, 5.41) is 10.3. The van der Waals surface area contributed by atoms with Crippen molar-refractivity contribution in [1.29, 1.82) is 0 Å². The van der Waals surface area contributed by atoms with Gasteiger partial charge in [0.05, 0.1) is 5.71 Å². The zero-order valence-electron chi connectivity index (χ0n) is 14.2. The molecule has 0 fully saturated rings. The molecule has 130 valence electrons. The van der Waals surface area contributed by atoms with Gasteiger partial charge >= 0.3 is 5.69 Å². The van der Waals surface area contributed by atoms with Gasteiger partial charge in [0.2, 0.25) is 5.88 Å². The van der Waals surface area contributed by atoms with Gasteiger partial charge in [0.1, 0.15) is 5.56 Å². The second kappa shape index (κ2) is 8.47. The number of allylic oxidation sites excluding steroid dienone is 2. The van der Waals surface area contributed by atoms with E-state index in [0.717, 1.165) is 23.8 Å². The van der Waals surface area contributed by atoms with E-state index in [1.54, 1.807) is 0 Å². The Hall–Kier alpha value is -2.37. The van der Waals surface area contributed by atoms with Crippen molar-refractivity contribution in [2.75, 3.05) is 6.54 Å². The summed E-state index contributed by atoms with van der Waals surface area (Å²) in [6.45, 7) is 6.13. The highest BCUT2D eigenvalue weighted by atomic mass is 16.3. The van der Waals surface area contributed by atoms with Gasteiger partial charge in [-0.05, 0) is 38.5 Å². The number of hydrogen-bond donors (Lipinski definition) is 2. The Morgan fingerprint density at radius 3 is 2.88 bits per heavy atom. The Morgan fingerprint density at radius 2 is 2.25 bits per heavy atom. The minimum Gasteiger partial charge on any atom is -0.494 e. The van der Waals surface area contributed by atoms with Crippen LogP contribution in [0, 0.1) is 0 Å². The van der Waals surface area contributed by atoms with Crippen molar-refractivity contribution in [2.45, 2.75) is 52.0 Å². The first-order chi connectivity index (χ1) is 11.6. The summed E-state index contributed by atoms with van der Waals surface area (Å²) in [5.74, 6) is -0.346. The van der Waals surface area contributed by atoms with Crippen LogP contribution < -0.4 is 11.2 Å². The predicted molar refractivity (Wildman–Crippen MR) is 96.0 cm³/mol. The monoisotopic (exact) mass is 331 g/mol. The quantitative estimate of drug-likeness (QED) is 0.594. The number of aliphatic imine (C=N–C) groups is 1. The molecule has 0 saturated carbocycles. The topological polar surface area (TPSA) is 87.4 Å². The second-order valence-corrected chi connectivity index (χ2v) is 5.90. The zero-order chi connectivity index (χ0) is 17.5. The van der Waals surface area contributed by atoms with Gasteiger partial charge < -0.3 is 5.11 Å². The van der Waals surface area contributed by atoms with Crippen molar-refractivity contribution in [3.8, 4) is 5.88 Å². The van der Waals surface area contributed by atoms with Crippen LogP contribution in [0.15, 0.2) is 38.9 Å². The van der Waals surface area contributed by atoms with E-state index in [1.807, 2.05) is 6.92 Å². The number of nitrogens with zero attached hydrogens (tertiary/aromatic N) is 2. The van der Waals surface area contributed by atoms with Crippen LogP contribution in [0.4, 0.5) is 0 Å². The van der Waals surface area contributed by atoms with Crippen LogP contribution in [-0.4, -0.2) is 26.9 Å². The lowest BCUT2D eigenvalue weighted by atomic mass is 9.97. The van der Waals surface area contributed by atoms with Crippen LogP contribution in [0.5, 0.6) is 5.88 Å². The third-order valence-corrected chi connectivity index (χ3v) is 4.23.